The summed E-state index contributed by atoms with van der Waals surface area (Å²) in [5.41, 5.74) is 0.775. The number of aromatic carboxylic acids is 1. The molecular weight excluding hydrogens is 226 g/mol. The van der Waals surface area contributed by atoms with Crippen LogP contribution < -0.4 is 5.32 Å². The fourth-order valence-corrected chi connectivity index (χ4v) is 2.18. The maximum atomic E-state index is 10.9. The Morgan fingerprint density at radius 1 is 1.56 bits per heavy atom. The lowest BCUT2D eigenvalue weighted by atomic mass is 10.1. The molecule has 1 unspecified atom stereocenters. The molecule has 1 rings (SSSR count). The maximum absolute atomic E-state index is 10.9. The summed E-state index contributed by atoms with van der Waals surface area (Å²) in [5, 5.41) is 23.0. The van der Waals surface area contributed by atoms with Gasteiger partial charge in [0.05, 0.1) is 6.61 Å². The minimum absolute atomic E-state index is 0.00143. The van der Waals surface area contributed by atoms with Crippen molar-refractivity contribution < 1.29 is 15.0 Å². The summed E-state index contributed by atoms with van der Waals surface area (Å²) < 4.78 is 0. The Balaban J connectivity index is 2.60. The molecule has 0 bridgehead atoms. The van der Waals surface area contributed by atoms with Gasteiger partial charge in [0, 0.05) is 12.6 Å². The van der Waals surface area contributed by atoms with E-state index >= 15 is 0 Å². The molecule has 0 radical (unpaired) electrons. The van der Waals surface area contributed by atoms with Gasteiger partial charge in [-0.25, -0.2) is 4.79 Å². The maximum Gasteiger partial charge on any atom is 0.346 e. The standard InChI is InChI=1S/C11H17NO3S/c1-7(2)9(6-13)12-5-8-3-4-16-10(8)11(14)15/h3-4,7,9,12-13H,5-6H2,1-2H3,(H,14,15). The van der Waals surface area contributed by atoms with Crippen LogP contribution in [0.1, 0.15) is 29.1 Å². The molecule has 1 aromatic heterocycles. The second-order valence-electron chi connectivity index (χ2n) is 3.99. The van der Waals surface area contributed by atoms with Crippen molar-refractivity contribution in [3.8, 4) is 0 Å². The summed E-state index contributed by atoms with van der Waals surface area (Å²) in [6.07, 6.45) is 0. The lowest BCUT2D eigenvalue weighted by Crippen LogP contribution is -2.36. The first-order valence-corrected chi connectivity index (χ1v) is 6.08. The molecule has 0 saturated heterocycles. The predicted molar refractivity (Wildman–Crippen MR) is 63.8 cm³/mol. The molecule has 0 fully saturated rings. The SMILES string of the molecule is CC(C)C(CO)NCc1ccsc1C(=O)O. The van der Waals surface area contributed by atoms with Gasteiger partial charge in [0.25, 0.3) is 0 Å². The third-order valence-electron chi connectivity index (χ3n) is 2.50. The van der Waals surface area contributed by atoms with Crippen LogP contribution in [0.2, 0.25) is 0 Å². The van der Waals surface area contributed by atoms with Crippen molar-refractivity contribution in [3.05, 3.63) is 21.9 Å². The van der Waals surface area contributed by atoms with Gasteiger partial charge >= 0.3 is 5.97 Å². The predicted octanol–water partition coefficient (Wildman–Crippen LogP) is 1.55. The van der Waals surface area contributed by atoms with Crippen molar-refractivity contribution >= 4 is 17.3 Å². The zero-order valence-corrected chi connectivity index (χ0v) is 10.3. The minimum Gasteiger partial charge on any atom is -0.477 e. The van der Waals surface area contributed by atoms with Gasteiger partial charge in [0.15, 0.2) is 0 Å². The second kappa shape index (κ2) is 5.98. The van der Waals surface area contributed by atoms with Crippen molar-refractivity contribution in [2.24, 2.45) is 5.92 Å². The van der Waals surface area contributed by atoms with E-state index in [-0.39, 0.29) is 12.6 Å². The fourth-order valence-electron chi connectivity index (χ4n) is 1.41. The van der Waals surface area contributed by atoms with Crippen LogP contribution in [0.25, 0.3) is 0 Å². The van der Waals surface area contributed by atoms with Gasteiger partial charge in [0.2, 0.25) is 0 Å². The van der Waals surface area contributed by atoms with Gasteiger partial charge in [-0.3, -0.25) is 0 Å². The van der Waals surface area contributed by atoms with Crippen molar-refractivity contribution in [2.45, 2.75) is 26.4 Å². The Morgan fingerprint density at radius 3 is 2.75 bits per heavy atom. The highest BCUT2D eigenvalue weighted by molar-refractivity contribution is 7.12. The fraction of sp³-hybridized carbons (Fsp3) is 0.545. The molecule has 16 heavy (non-hydrogen) atoms. The Morgan fingerprint density at radius 2 is 2.25 bits per heavy atom. The molecule has 0 saturated carbocycles. The summed E-state index contributed by atoms with van der Waals surface area (Å²) >= 11 is 1.22. The van der Waals surface area contributed by atoms with Crippen LogP contribution in [0.5, 0.6) is 0 Å². The van der Waals surface area contributed by atoms with E-state index < -0.39 is 5.97 Å². The number of nitrogens with one attached hydrogen (secondary N) is 1. The number of carbonyl (C=O) groups is 1. The van der Waals surface area contributed by atoms with Crippen LogP contribution >= 0.6 is 11.3 Å². The molecule has 0 aliphatic rings. The highest BCUT2D eigenvalue weighted by Gasteiger charge is 2.15. The van der Waals surface area contributed by atoms with E-state index in [0.29, 0.717) is 17.3 Å². The normalized spacial score (nSPS) is 13.0. The smallest absolute Gasteiger partial charge is 0.346 e. The summed E-state index contributed by atoms with van der Waals surface area (Å²) in [4.78, 5) is 11.2. The Hall–Kier alpha value is -0.910. The number of carboxylic acid groups (broad SMARTS) is 1. The lowest BCUT2D eigenvalue weighted by Gasteiger charge is -2.19. The van der Waals surface area contributed by atoms with E-state index in [1.807, 2.05) is 13.8 Å². The third-order valence-corrected chi connectivity index (χ3v) is 3.44. The highest BCUT2D eigenvalue weighted by Crippen LogP contribution is 2.17. The number of aliphatic hydroxyl groups excluding tert-OH is 1. The van der Waals surface area contributed by atoms with Gasteiger partial charge in [0.1, 0.15) is 4.88 Å². The van der Waals surface area contributed by atoms with Crippen LogP contribution in [0.3, 0.4) is 0 Å². The van der Waals surface area contributed by atoms with Crippen LogP contribution in [0.4, 0.5) is 0 Å². The molecule has 4 nitrogen and oxygen atoms in total. The molecule has 0 aliphatic heterocycles. The van der Waals surface area contributed by atoms with E-state index in [4.69, 9.17) is 10.2 Å². The van der Waals surface area contributed by atoms with E-state index in [1.54, 1.807) is 11.4 Å². The molecule has 1 atom stereocenters. The van der Waals surface area contributed by atoms with E-state index in [1.165, 1.54) is 11.3 Å². The summed E-state index contributed by atoms with van der Waals surface area (Å²) in [5.74, 6) is -0.575. The third kappa shape index (κ3) is 3.30. The van der Waals surface area contributed by atoms with Gasteiger partial charge < -0.3 is 15.5 Å². The average Bonchev–Trinajstić information content (AvgIpc) is 2.66. The topological polar surface area (TPSA) is 69.6 Å². The number of carboxylic acids is 1. The van der Waals surface area contributed by atoms with E-state index in [0.717, 1.165) is 5.56 Å². The first kappa shape index (κ1) is 13.2. The number of hydrogen-bond donors (Lipinski definition) is 3. The Kier molecular flexibility index (Phi) is 4.92. The Labute approximate surface area is 98.9 Å². The second-order valence-corrected chi connectivity index (χ2v) is 4.91. The van der Waals surface area contributed by atoms with Gasteiger partial charge in [-0.1, -0.05) is 13.8 Å². The van der Waals surface area contributed by atoms with Crippen molar-refractivity contribution in [2.75, 3.05) is 6.61 Å². The summed E-state index contributed by atoms with van der Waals surface area (Å²) in [6, 6.07) is 1.80. The quantitative estimate of drug-likeness (QED) is 0.709. The van der Waals surface area contributed by atoms with Crippen LogP contribution in [0.15, 0.2) is 11.4 Å². The molecule has 0 spiro atoms. The molecular formula is C11H17NO3S. The van der Waals surface area contributed by atoms with Gasteiger partial charge in [-0.2, -0.15) is 0 Å². The molecule has 90 valence electrons. The van der Waals surface area contributed by atoms with E-state index in [2.05, 4.69) is 5.32 Å². The highest BCUT2D eigenvalue weighted by atomic mass is 32.1. The van der Waals surface area contributed by atoms with Crippen LogP contribution in [0, 0.1) is 5.92 Å². The number of aliphatic hydroxyl groups is 1. The zero-order chi connectivity index (χ0) is 12.1. The van der Waals surface area contributed by atoms with Crippen LogP contribution in [-0.2, 0) is 6.54 Å². The number of hydrogen-bond acceptors (Lipinski definition) is 4. The molecule has 1 aromatic rings. The molecule has 5 heteroatoms. The van der Waals surface area contributed by atoms with Crippen molar-refractivity contribution in [3.63, 3.8) is 0 Å². The summed E-state index contributed by atoms with van der Waals surface area (Å²) in [6.45, 7) is 4.57. The average molecular weight is 243 g/mol. The molecule has 0 amide bonds. The first-order chi connectivity index (χ1) is 7.56. The van der Waals surface area contributed by atoms with Gasteiger partial charge in [-0.15, -0.1) is 11.3 Å². The van der Waals surface area contributed by atoms with E-state index in [9.17, 15) is 4.79 Å². The molecule has 0 aliphatic carbocycles. The van der Waals surface area contributed by atoms with Crippen LogP contribution in [-0.4, -0.2) is 28.8 Å². The molecule has 0 aromatic carbocycles. The van der Waals surface area contributed by atoms with Crippen molar-refractivity contribution in [1.82, 2.24) is 5.32 Å². The zero-order valence-electron chi connectivity index (χ0n) is 9.43. The Bertz CT molecular complexity index is 349. The lowest BCUT2D eigenvalue weighted by molar-refractivity contribution is 0.0701. The molecule has 3 N–H and O–H groups in total. The van der Waals surface area contributed by atoms with Gasteiger partial charge in [-0.05, 0) is 22.9 Å². The summed E-state index contributed by atoms with van der Waals surface area (Å²) in [7, 11) is 0. The largest absolute Gasteiger partial charge is 0.477 e. The molecule has 1 heterocycles. The minimum atomic E-state index is -0.892. The first-order valence-electron chi connectivity index (χ1n) is 5.20. The number of rotatable bonds is 6. The number of thiophene rings is 1. The monoisotopic (exact) mass is 243 g/mol. The van der Waals surface area contributed by atoms with Crippen molar-refractivity contribution in [1.29, 1.82) is 0 Å².